The van der Waals surface area contributed by atoms with Gasteiger partial charge in [0.25, 0.3) is 0 Å². The number of carbonyl (C=O) groups is 2. The largest absolute Gasteiger partial charge is 0.386 e. The third-order valence-electron chi connectivity index (χ3n) is 8.01. The highest BCUT2D eigenvalue weighted by Crippen LogP contribution is 2.65. The van der Waals surface area contributed by atoms with Crippen molar-refractivity contribution in [2.75, 3.05) is 0 Å². The van der Waals surface area contributed by atoms with E-state index >= 15 is 0 Å². The van der Waals surface area contributed by atoms with Gasteiger partial charge in [-0.05, 0) is 74.9 Å². The lowest BCUT2D eigenvalue weighted by Gasteiger charge is -2.52. The summed E-state index contributed by atoms with van der Waals surface area (Å²) in [5, 5.41) is 9.94. The number of hydrogen-bond acceptors (Lipinski definition) is 3. The summed E-state index contributed by atoms with van der Waals surface area (Å²) >= 11 is 0. The Hall–Kier alpha value is -1.48. The second kappa shape index (κ2) is 5.76. The summed E-state index contributed by atoms with van der Waals surface area (Å²) in [6, 6.07) is 0. The van der Waals surface area contributed by atoms with E-state index < -0.39 is 6.10 Å². The SMILES string of the molecule is CC(O)C(=O)[C@H]1[C@H](C)C[C@H]2[C@@H]3CCC4=CC(=O)C=C[C@]4(C)C3=CC[C@@]21C. The Morgan fingerprint density at radius 1 is 1.35 bits per heavy atom. The molecule has 1 N–H and O–H groups in total. The number of rotatable bonds is 2. The van der Waals surface area contributed by atoms with Crippen LogP contribution in [-0.2, 0) is 9.59 Å². The first-order valence-electron chi connectivity index (χ1n) is 10.0. The van der Waals surface area contributed by atoms with Crippen molar-refractivity contribution in [1.29, 1.82) is 0 Å². The van der Waals surface area contributed by atoms with E-state index in [0.717, 1.165) is 25.7 Å². The van der Waals surface area contributed by atoms with E-state index in [9.17, 15) is 14.7 Å². The standard InChI is InChI=1S/C23H30O3/c1-13-11-19-17-6-5-15-12-16(25)7-9-22(15,3)18(17)8-10-23(19,4)20(13)21(26)14(2)24/h7-9,12-14,17,19-20,24H,5-6,10-11H2,1-4H3/t13-,14?,17-,19+,20-,22+,23+/m1/s1. The third-order valence-corrected chi connectivity index (χ3v) is 8.01. The molecule has 0 saturated heterocycles. The highest BCUT2D eigenvalue weighted by atomic mass is 16.3. The van der Waals surface area contributed by atoms with Crippen LogP contribution in [0.5, 0.6) is 0 Å². The molecule has 0 aromatic carbocycles. The Labute approximate surface area is 156 Å². The van der Waals surface area contributed by atoms with Gasteiger partial charge in [0.05, 0.1) is 0 Å². The van der Waals surface area contributed by atoms with Crippen LogP contribution in [0.15, 0.2) is 35.5 Å². The molecular formula is C23H30O3. The summed E-state index contributed by atoms with van der Waals surface area (Å²) in [6.07, 6.45) is 11.1. The Morgan fingerprint density at radius 2 is 2.08 bits per heavy atom. The normalized spacial score (nSPS) is 45.2. The molecule has 4 rings (SSSR count). The van der Waals surface area contributed by atoms with Gasteiger partial charge in [-0.3, -0.25) is 9.59 Å². The zero-order valence-electron chi connectivity index (χ0n) is 16.3. The third kappa shape index (κ3) is 2.29. The lowest BCUT2D eigenvalue weighted by molar-refractivity contribution is -0.135. The molecule has 26 heavy (non-hydrogen) atoms. The van der Waals surface area contributed by atoms with Crippen molar-refractivity contribution < 1.29 is 14.7 Å². The molecule has 0 aliphatic heterocycles. The molecule has 2 fully saturated rings. The molecule has 7 atom stereocenters. The molecule has 4 aliphatic rings. The topological polar surface area (TPSA) is 54.4 Å². The Kier molecular flexibility index (Phi) is 3.97. The van der Waals surface area contributed by atoms with Crippen molar-refractivity contribution in [3.8, 4) is 0 Å². The maximum Gasteiger partial charge on any atom is 0.178 e. The first-order valence-corrected chi connectivity index (χ1v) is 10.0. The van der Waals surface area contributed by atoms with Gasteiger partial charge in [0.15, 0.2) is 11.6 Å². The summed E-state index contributed by atoms with van der Waals surface area (Å²) in [5.41, 5.74) is 2.51. The maximum atomic E-state index is 12.8. The highest BCUT2D eigenvalue weighted by Gasteiger charge is 2.59. The number of aliphatic hydroxyl groups excluding tert-OH is 1. The summed E-state index contributed by atoms with van der Waals surface area (Å²) in [5.74, 6) is 1.34. The number of aliphatic hydroxyl groups is 1. The minimum absolute atomic E-state index is 0.0186. The molecule has 1 unspecified atom stereocenters. The Bertz CT molecular complexity index is 755. The fourth-order valence-corrected chi connectivity index (χ4v) is 6.76. The molecular weight excluding hydrogens is 324 g/mol. The fourth-order valence-electron chi connectivity index (χ4n) is 6.76. The molecule has 3 heteroatoms. The van der Waals surface area contributed by atoms with Crippen LogP contribution in [0, 0.1) is 34.5 Å². The summed E-state index contributed by atoms with van der Waals surface area (Å²) < 4.78 is 0. The molecule has 4 aliphatic carbocycles. The second-order valence-electron chi connectivity index (χ2n) is 9.50. The van der Waals surface area contributed by atoms with Crippen LogP contribution in [0.25, 0.3) is 0 Å². The molecule has 0 heterocycles. The summed E-state index contributed by atoms with van der Waals surface area (Å²) in [4.78, 5) is 24.6. The van der Waals surface area contributed by atoms with E-state index in [2.05, 4.69) is 32.9 Å². The van der Waals surface area contributed by atoms with E-state index in [1.54, 1.807) is 13.0 Å². The van der Waals surface area contributed by atoms with Crippen LogP contribution < -0.4 is 0 Å². The van der Waals surface area contributed by atoms with Crippen molar-refractivity contribution in [3.63, 3.8) is 0 Å². The van der Waals surface area contributed by atoms with Crippen molar-refractivity contribution in [3.05, 3.63) is 35.5 Å². The molecule has 0 aromatic rings. The van der Waals surface area contributed by atoms with Crippen LogP contribution in [0.4, 0.5) is 0 Å². The number of Topliss-reactive ketones (excluding diaryl/α,β-unsaturated/α-hetero) is 1. The molecule has 0 spiro atoms. The Balaban J connectivity index is 1.74. The fraction of sp³-hybridized carbons (Fsp3) is 0.652. The lowest BCUT2D eigenvalue weighted by atomic mass is 9.52. The zero-order valence-corrected chi connectivity index (χ0v) is 16.3. The van der Waals surface area contributed by atoms with Gasteiger partial charge < -0.3 is 5.11 Å². The number of fused-ring (bicyclic) bond motifs is 5. The van der Waals surface area contributed by atoms with Gasteiger partial charge in [0.1, 0.15) is 6.10 Å². The van der Waals surface area contributed by atoms with Crippen LogP contribution in [0.2, 0.25) is 0 Å². The van der Waals surface area contributed by atoms with Gasteiger partial charge in [-0.25, -0.2) is 0 Å². The van der Waals surface area contributed by atoms with Gasteiger partial charge in [-0.15, -0.1) is 0 Å². The van der Waals surface area contributed by atoms with E-state index in [4.69, 9.17) is 0 Å². The van der Waals surface area contributed by atoms with Gasteiger partial charge in [-0.1, -0.05) is 37.1 Å². The number of ketones is 2. The van der Waals surface area contributed by atoms with Crippen LogP contribution >= 0.6 is 0 Å². The van der Waals surface area contributed by atoms with Crippen molar-refractivity contribution in [2.45, 2.75) is 59.5 Å². The highest BCUT2D eigenvalue weighted by molar-refractivity contribution is 6.01. The van der Waals surface area contributed by atoms with Crippen LogP contribution in [0.3, 0.4) is 0 Å². The Morgan fingerprint density at radius 3 is 2.77 bits per heavy atom. The summed E-state index contributed by atoms with van der Waals surface area (Å²) in [7, 11) is 0. The lowest BCUT2D eigenvalue weighted by Crippen LogP contribution is -2.46. The predicted octanol–water partition coefficient (Wildman–Crippen LogP) is 4.03. The molecule has 0 aromatic heterocycles. The maximum absolute atomic E-state index is 12.8. The predicted molar refractivity (Wildman–Crippen MR) is 101 cm³/mol. The van der Waals surface area contributed by atoms with Crippen LogP contribution in [-0.4, -0.2) is 22.8 Å². The number of carbonyl (C=O) groups excluding carboxylic acids is 2. The smallest absolute Gasteiger partial charge is 0.178 e. The van der Waals surface area contributed by atoms with Gasteiger partial charge in [0.2, 0.25) is 0 Å². The van der Waals surface area contributed by atoms with Crippen molar-refractivity contribution in [1.82, 2.24) is 0 Å². The average Bonchev–Trinajstić information content (AvgIpc) is 2.85. The second-order valence-corrected chi connectivity index (χ2v) is 9.50. The van der Waals surface area contributed by atoms with Crippen molar-refractivity contribution in [2.24, 2.45) is 34.5 Å². The first-order chi connectivity index (χ1) is 12.2. The van der Waals surface area contributed by atoms with Crippen LogP contribution in [0.1, 0.15) is 53.4 Å². The van der Waals surface area contributed by atoms with E-state index in [0.29, 0.717) is 17.8 Å². The number of allylic oxidation sites excluding steroid dienone is 6. The monoisotopic (exact) mass is 354 g/mol. The van der Waals surface area contributed by atoms with E-state index in [1.807, 2.05) is 6.08 Å². The first kappa shape index (κ1) is 17.9. The number of hydrogen-bond donors (Lipinski definition) is 1. The van der Waals surface area contributed by atoms with Gasteiger partial charge in [-0.2, -0.15) is 0 Å². The summed E-state index contributed by atoms with van der Waals surface area (Å²) in [6.45, 7) is 8.31. The molecule has 140 valence electrons. The quantitative estimate of drug-likeness (QED) is 0.762. The van der Waals surface area contributed by atoms with Crippen molar-refractivity contribution >= 4 is 11.6 Å². The average molecular weight is 354 g/mol. The molecule has 0 radical (unpaired) electrons. The van der Waals surface area contributed by atoms with E-state index in [1.165, 1.54) is 11.1 Å². The molecule has 0 bridgehead atoms. The molecule has 3 nitrogen and oxygen atoms in total. The van der Waals surface area contributed by atoms with E-state index in [-0.39, 0.29) is 28.3 Å². The minimum Gasteiger partial charge on any atom is -0.386 e. The molecule has 2 saturated carbocycles. The zero-order chi connectivity index (χ0) is 18.9. The van der Waals surface area contributed by atoms with Gasteiger partial charge in [0, 0.05) is 11.3 Å². The van der Waals surface area contributed by atoms with Gasteiger partial charge >= 0.3 is 0 Å². The molecule has 0 amide bonds. The minimum atomic E-state index is -0.880.